The SMILES string of the molecule is CCN(Cc1cn(C(C)OCCOCCOC(=O)c2nc(C(F)(F)F)n3c2CN(C(=O)C[C@@H](Cc2cc(F)c(F)cc2F)NC(=O)OC(C)(C)C)CC3)nn1)CC(O)C(O)C(O)C(O)CO. The van der Waals surface area contributed by atoms with Crippen LogP contribution in [0.1, 0.15) is 80.5 Å². The molecule has 3 aromatic rings. The standard InChI is InChI=1S/C40H56F6N8O12/c1-6-51(20-30(56)34(59)35(60)31(57)21-55)17-25-18-54(50-49-25)22(2)64-11-9-63-10-12-65-36(61)33-29-19-52(7-8-53(29)37(48-33)40(44,45)46)32(58)15-24(47-38(62)66-39(3,4)5)13-23-14-27(42)28(43)16-26(23)41/h14,16,18,22,24,30-31,34-35,55-57,59-60H,6-13,15,17,19-21H2,1-5H3,(H,47,62)/t22?,24-,30?,31?,34?,35?/m1/s1. The molecule has 0 spiro atoms. The second-order valence-electron chi connectivity index (χ2n) is 16.3. The zero-order valence-corrected chi connectivity index (χ0v) is 36.9. The summed E-state index contributed by atoms with van der Waals surface area (Å²) in [6.45, 7) is 5.95. The van der Waals surface area contributed by atoms with Crippen LogP contribution in [0.3, 0.4) is 0 Å². The maximum absolute atomic E-state index is 14.6. The van der Waals surface area contributed by atoms with Gasteiger partial charge in [0.2, 0.25) is 11.7 Å². The molecule has 0 saturated heterocycles. The van der Waals surface area contributed by atoms with Crippen molar-refractivity contribution in [1.82, 2.24) is 39.7 Å². The second-order valence-corrected chi connectivity index (χ2v) is 16.3. The first-order valence-electron chi connectivity index (χ1n) is 20.8. The molecule has 370 valence electrons. The minimum absolute atomic E-state index is 0.00814. The molecule has 1 aromatic carbocycles. The number of alkyl halides is 3. The number of aromatic nitrogens is 5. The number of alkyl carbamates (subject to hydrolysis) is 1. The quantitative estimate of drug-likeness (QED) is 0.0340. The molecule has 26 heteroatoms. The van der Waals surface area contributed by atoms with E-state index >= 15 is 0 Å². The average Bonchev–Trinajstić information content (AvgIpc) is 3.88. The fourth-order valence-corrected chi connectivity index (χ4v) is 6.69. The minimum atomic E-state index is -4.99. The molecule has 2 amide bonds. The molecule has 66 heavy (non-hydrogen) atoms. The molecule has 0 fully saturated rings. The zero-order chi connectivity index (χ0) is 49.1. The first-order chi connectivity index (χ1) is 30.9. The third kappa shape index (κ3) is 15.3. The van der Waals surface area contributed by atoms with Crippen LogP contribution in [-0.2, 0) is 56.0 Å². The Hall–Kier alpha value is -4.96. The van der Waals surface area contributed by atoms with E-state index in [1.165, 1.54) is 4.68 Å². The lowest BCUT2D eigenvalue weighted by molar-refractivity contribution is -0.148. The number of aliphatic hydroxyl groups excluding tert-OH is 5. The smallest absolute Gasteiger partial charge is 0.449 e. The molecule has 1 aliphatic rings. The fourth-order valence-electron chi connectivity index (χ4n) is 6.69. The van der Waals surface area contributed by atoms with Crippen LogP contribution in [0.25, 0.3) is 0 Å². The van der Waals surface area contributed by atoms with Gasteiger partial charge in [-0.05, 0) is 52.3 Å². The predicted octanol–water partition coefficient (Wildman–Crippen LogP) is 1.45. The van der Waals surface area contributed by atoms with Crippen molar-refractivity contribution in [2.24, 2.45) is 0 Å². The van der Waals surface area contributed by atoms with Crippen LogP contribution in [0.15, 0.2) is 18.3 Å². The monoisotopic (exact) mass is 954 g/mol. The highest BCUT2D eigenvalue weighted by atomic mass is 19.4. The number of halogens is 6. The Morgan fingerprint density at radius 3 is 2.26 bits per heavy atom. The number of rotatable bonds is 23. The molecule has 4 rings (SSSR count). The molecule has 0 radical (unpaired) electrons. The second kappa shape index (κ2) is 23.7. The summed E-state index contributed by atoms with van der Waals surface area (Å²) in [6.07, 6.45) is -12.7. The number of benzene rings is 1. The number of fused-ring (bicyclic) bond motifs is 1. The van der Waals surface area contributed by atoms with Gasteiger partial charge >= 0.3 is 18.2 Å². The number of carbonyl (C=O) groups excluding carboxylic acids is 3. The minimum Gasteiger partial charge on any atom is -0.458 e. The van der Waals surface area contributed by atoms with Crippen LogP contribution in [0.5, 0.6) is 0 Å². The summed E-state index contributed by atoms with van der Waals surface area (Å²) in [6, 6.07) is -0.371. The summed E-state index contributed by atoms with van der Waals surface area (Å²) in [5.74, 6) is -7.36. The first-order valence-corrected chi connectivity index (χ1v) is 20.8. The summed E-state index contributed by atoms with van der Waals surface area (Å²) in [7, 11) is 0. The van der Waals surface area contributed by atoms with Gasteiger partial charge in [-0.1, -0.05) is 12.1 Å². The molecule has 1 aliphatic heterocycles. The third-order valence-electron chi connectivity index (χ3n) is 10.1. The molecule has 2 aromatic heterocycles. The van der Waals surface area contributed by atoms with Gasteiger partial charge in [0, 0.05) is 44.7 Å². The van der Waals surface area contributed by atoms with Gasteiger partial charge in [0.25, 0.3) is 0 Å². The van der Waals surface area contributed by atoms with E-state index < -0.39 is 135 Å². The van der Waals surface area contributed by atoms with Crippen molar-refractivity contribution >= 4 is 18.0 Å². The topological polar surface area (TPSA) is 256 Å². The number of nitrogens with zero attached hydrogens (tertiary/aromatic N) is 7. The summed E-state index contributed by atoms with van der Waals surface area (Å²) in [4.78, 5) is 45.7. The highest BCUT2D eigenvalue weighted by Gasteiger charge is 2.42. The zero-order valence-electron chi connectivity index (χ0n) is 36.9. The third-order valence-corrected chi connectivity index (χ3v) is 10.1. The van der Waals surface area contributed by atoms with Gasteiger partial charge in [0.15, 0.2) is 17.3 Å². The molecule has 0 saturated carbocycles. The number of carbonyl (C=O) groups is 3. The molecule has 0 aliphatic carbocycles. The van der Waals surface area contributed by atoms with Crippen molar-refractivity contribution in [3.63, 3.8) is 0 Å². The van der Waals surface area contributed by atoms with Crippen LogP contribution in [-0.4, -0.2) is 167 Å². The number of amides is 2. The van der Waals surface area contributed by atoms with Crippen molar-refractivity contribution in [2.75, 3.05) is 52.7 Å². The molecule has 6 N–H and O–H groups in total. The number of likely N-dealkylation sites (N-methyl/N-ethyl adjacent to an activating group) is 1. The van der Waals surface area contributed by atoms with Gasteiger partial charge in [0.1, 0.15) is 42.6 Å². The molecular weight excluding hydrogens is 898 g/mol. The van der Waals surface area contributed by atoms with E-state index in [1.54, 1.807) is 45.7 Å². The number of imidazole rings is 1. The maximum Gasteiger partial charge on any atom is 0.449 e. The predicted molar refractivity (Wildman–Crippen MR) is 214 cm³/mol. The number of ether oxygens (including phenoxy) is 4. The number of hydrogen-bond donors (Lipinski definition) is 6. The van der Waals surface area contributed by atoms with E-state index in [2.05, 4.69) is 20.6 Å². The van der Waals surface area contributed by atoms with Crippen LogP contribution < -0.4 is 5.32 Å². The Kier molecular flexibility index (Phi) is 19.2. The van der Waals surface area contributed by atoms with Crippen molar-refractivity contribution in [1.29, 1.82) is 0 Å². The Labute approximate surface area is 375 Å². The van der Waals surface area contributed by atoms with E-state index in [4.69, 9.17) is 24.1 Å². The van der Waals surface area contributed by atoms with Crippen molar-refractivity contribution in [2.45, 2.75) is 116 Å². The van der Waals surface area contributed by atoms with Crippen LogP contribution in [0, 0.1) is 17.5 Å². The highest BCUT2D eigenvalue weighted by Crippen LogP contribution is 2.33. The van der Waals surface area contributed by atoms with E-state index in [0.717, 1.165) is 9.47 Å². The summed E-state index contributed by atoms with van der Waals surface area (Å²) in [5.41, 5.74) is -1.89. The number of esters is 1. The lowest BCUT2D eigenvalue weighted by atomic mass is 10.0. The molecule has 6 atom stereocenters. The van der Waals surface area contributed by atoms with Gasteiger partial charge in [-0.2, -0.15) is 13.2 Å². The van der Waals surface area contributed by atoms with Gasteiger partial charge in [-0.25, -0.2) is 32.4 Å². The molecule has 3 heterocycles. The van der Waals surface area contributed by atoms with Crippen LogP contribution in [0.2, 0.25) is 0 Å². The molecular formula is C40H56F6N8O12. The maximum atomic E-state index is 14.6. The highest BCUT2D eigenvalue weighted by molar-refractivity contribution is 5.89. The summed E-state index contributed by atoms with van der Waals surface area (Å²) < 4.78 is 108. The number of nitrogens with one attached hydrogen (secondary N) is 1. The summed E-state index contributed by atoms with van der Waals surface area (Å²) in [5, 5.41) is 59.4. The van der Waals surface area contributed by atoms with Crippen LogP contribution in [0.4, 0.5) is 31.1 Å². The Morgan fingerprint density at radius 2 is 1.61 bits per heavy atom. The normalized spacial score (nSPS) is 16.0. The number of hydrogen-bond acceptors (Lipinski definition) is 16. The van der Waals surface area contributed by atoms with Gasteiger partial charge in [-0.3, -0.25) is 9.69 Å². The number of aliphatic hydroxyl groups is 5. The molecule has 5 unspecified atom stereocenters. The largest absolute Gasteiger partial charge is 0.458 e. The summed E-state index contributed by atoms with van der Waals surface area (Å²) >= 11 is 0. The lowest BCUT2D eigenvalue weighted by Crippen LogP contribution is -2.49. The van der Waals surface area contributed by atoms with E-state index in [1.807, 2.05) is 0 Å². The Bertz CT molecular complexity index is 2090. The molecule has 0 bridgehead atoms. The van der Waals surface area contributed by atoms with E-state index in [0.29, 0.717) is 24.4 Å². The Morgan fingerprint density at radius 1 is 0.939 bits per heavy atom. The van der Waals surface area contributed by atoms with Gasteiger partial charge < -0.3 is 59.3 Å². The van der Waals surface area contributed by atoms with Gasteiger partial charge in [0.05, 0.1) is 56.7 Å². The fraction of sp³-hybridized carbons (Fsp3) is 0.650. The van der Waals surface area contributed by atoms with Crippen molar-refractivity contribution in [3.8, 4) is 0 Å². The van der Waals surface area contributed by atoms with Crippen molar-refractivity contribution < 1.29 is 85.2 Å². The lowest BCUT2D eigenvalue weighted by Gasteiger charge is -2.31. The first kappa shape index (κ1) is 53.7. The average molecular weight is 955 g/mol. The van der Waals surface area contributed by atoms with E-state index in [9.17, 15) is 61.2 Å². The van der Waals surface area contributed by atoms with Crippen molar-refractivity contribution in [3.05, 3.63) is 64.3 Å². The van der Waals surface area contributed by atoms with Crippen LogP contribution >= 0.6 is 0 Å². The Balaban J connectivity index is 1.29. The van der Waals surface area contributed by atoms with Gasteiger partial charge in [-0.15, -0.1) is 5.10 Å². The molecule has 20 nitrogen and oxygen atoms in total. The van der Waals surface area contributed by atoms with E-state index in [-0.39, 0.29) is 50.7 Å².